The Morgan fingerprint density at radius 2 is 1.96 bits per heavy atom. The van der Waals surface area contributed by atoms with Crippen LogP contribution in [0.2, 0.25) is 5.02 Å². The van der Waals surface area contributed by atoms with Gasteiger partial charge in [-0.25, -0.2) is 0 Å². The molecule has 24 heavy (non-hydrogen) atoms. The van der Waals surface area contributed by atoms with Gasteiger partial charge < -0.3 is 5.32 Å². The molecular weight excluding hydrogens is 358 g/mol. The van der Waals surface area contributed by atoms with E-state index in [1.807, 2.05) is 54.6 Å². The fourth-order valence-electron chi connectivity index (χ4n) is 2.25. The van der Waals surface area contributed by atoms with E-state index in [4.69, 9.17) is 11.6 Å². The summed E-state index contributed by atoms with van der Waals surface area (Å²) in [6, 6.07) is 19.4. The van der Waals surface area contributed by atoms with Crippen LogP contribution in [0.4, 0.5) is 0 Å². The van der Waals surface area contributed by atoms with E-state index in [0.29, 0.717) is 17.1 Å². The average molecular weight is 374 g/mol. The number of thiophene rings is 1. The predicted octanol–water partition coefficient (Wildman–Crippen LogP) is 5.62. The van der Waals surface area contributed by atoms with Crippen LogP contribution in [-0.2, 0) is 12.3 Å². The van der Waals surface area contributed by atoms with Gasteiger partial charge >= 0.3 is 0 Å². The second-order valence-electron chi connectivity index (χ2n) is 5.18. The molecule has 0 radical (unpaired) electrons. The molecule has 0 spiro atoms. The molecule has 0 unspecified atom stereocenters. The van der Waals surface area contributed by atoms with E-state index in [1.54, 1.807) is 23.1 Å². The normalized spacial score (nSPS) is 10.5. The Kier molecular flexibility index (Phi) is 5.96. The number of thioether (sulfide) groups is 1. The lowest BCUT2D eigenvalue weighted by atomic mass is 10.2. The first-order valence-corrected chi connectivity index (χ1v) is 9.73. The van der Waals surface area contributed by atoms with E-state index in [9.17, 15) is 4.79 Å². The van der Waals surface area contributed by atoms with Crippen molar-refractivity contribution in [2.75, 3.05) is 0 Å². The molecule has 0 aliphatic heterocycles. The monoisotopic (exact) mass is 373 g/mol. The first-order chi connectivity index (χ1) is 11.7. The highest BCUT2D eigenvalue weighted by Crippen LogP contribution is 2.28. The fourth-order valence-corrected chi connectivity index (χ4v) is 4.28. The molecule has 1 N–H and O–H groups in total. The van der Waals surface area contributed by atoms with Gasteiger partial charge in [-0.3, -0.25) is 4.79 Å². The molecule has 1 heterocycles. The van der Waals surface area contributed by atoms with E-state index in [1.165, 1.54) is 4.88 Å². The summed E-state index contributed by atoms with van der Waals surface area (Å²) < 4.78 is 0. The molecule has 1 aromatic heterocycles. The van der Waals surface area contributed by atoms with Gasteiger partial charge in [0.25, 0.3) is 5.91 Å². The van der Waals surface area contributed by atoms with Crippen molar-refractivity contribution >= 4 is 40.6 Å². The standard InChI is InChI=1S/C19H16ClNOS2/c20-15-6-3-5-14(11-15)12-21-19(22)17-8-1-2-9-18(17)24-13-16-7-4-10-23-16/h1-11H,12-13H2,(H,21,22). The average Bonchev–Trinajstić information content (AvgIpc) is 3.12. The number of rotatable bonds is 6. The number of hydrogen-bond donors (Lipinski definition) is 1. The zero-order chi connectivity index (χ0) is 16.8. The molecule has 0 aliphatic carbocycles. The van der Waals surface area contributed by atoms with Crippen LogP contribution in [0, 0.1) is 0 Å². The van der Waals surface area contributed by atoms with Gasteiger partial charge in [0.05, 0.1) is 5.56 Å². The number of nitrogens with one attached hydrogen (secondary N) is 1. The molecule has 3 aromatic rings. The quantitative estimate of drug-likeness (QED) is 0.568. The minimum Gasteiger partial charge on any atom is -0.348 e. The predicted molar refractivity (Wildman–Crippen MR) is 103 cm³/mol. The summed E-state index contributed by atoms with van der Waals surface area (Å²) in [5.74, 6) is 0.806. The second-order valence-corrected chi connectivity index (χ2v) is 7.66. The van der Waals surface area contributed by atoms with Crippen LogP contribution in [0.25, 0.3) is 0 Å². The fraction of sp³-hybridized carbons (Fsp3) is 0.105. The third kappa shape index (κ3) is 4.63. The summed E-state index contributed by atoms with van der Waals surface area (Å²) in [6.07, 6.45) is 0. The highest BCUT2D eigenvalue weighted by Gasteiger charge is 2.11. The van der Waals surface area contributed by atoms with Gasteiger partial charge in [-0.2, -0.15) is 0 Å². The molecule has 0 saturated heterocycles. The van der Waals surface area contributed by atoms with Crippen molar-refractivity contribution in [2.45, 2.75) is 17.2 Å². The molecule has 5 heteroatoms. The maximum atomic E-state index is 12.5. The van der Waals surface area contributed by atoms with E-state index in [-0.39, 0.29) is 5.91 Å². The van der Waals surface area contributed by atoms with Crippen LogP contribution in [0.5, 0.6) is 0 Å². The summed E-state index contributed by atoms with van der Waals surface area (Å²) in [5.41, 5.74) is 1.70. The van der Waals surface area contributed by atoms with E-state index >= 15 is 0 Å². The minimum atomic E-state index is -0.0655. The molecule has 0 aliphatic rings. The lowest BCUT2D eigenvalue weighted by Crippen LogP contribution is -2.23. The van der Waals surface area contributed by atoms with Crippen molar-refractivity contribution in [2.24, 2.45) is 0 Å². The number of hydrogen-bond acceptors (Lipinski definition) is 3. The Balaban J connectivity index is 1.65. The van der Waals surface area contributed by atoms with Crippen LogP contribution < -0.4 is 5.32 Å². The first kappa shape index (κ1) is 17.1. The molecule has 0 atom stereocenters. The van der Waals surface area contributed by atoms with Gasteiger partial charge in [0, 0.05) is 27.1 Å². The number of carbonyl (C=O) groups excluding carboxylic acids is 1. The number of benzene rings is 2. The topological polar surface area (TPSA) is 29.1 Å². The molecule has 2 nitrogen and oxygen atoms in total. The van der Waals surface area contributed by atoms with E-state index in [0.717, 1.165) is 16.2 Å². The van der Waals surface area contributed by atoms with Gasteiger partial charge in [-0.1, -0.05) is 41.9 Å². The Hall–Kier alpha value is -1.75. The van der Waals surface area contributed by atoms with Crippen molar-refractivity contribution in [3.8, 4) is 0 Å². The summed E-state index contributed by atoms with van der Waals surface area (Å²) in [5, 5.41) is 5.71. The molecule has 1 amide bonds. The van der Waals surface area contributed by atoms with Gasteiger partial charge in [0.2, 0.25) is 0 Å². The zero-order valence-electron chi connectivity index (χ0n) is 12.9. The van der Waals surface area contributed by atoms with Crippen LogP contribution in [0.15, 0.2) is 70.9 Å². The number of carbonyl (C=O) groups is 1. The minimum absolute atomic E-state index is 0.0655. The van der Waals surface area contributed by atoms with Crippen molar-refractivity contribution in [3.05, 3.63) is 87.1 Å². The highest BCUT2D eigenvalue weighted by atomic mass is 35.5. The summed E-state index contributed by atoms with van der Waals surface area (Å²) in [7, 11) is 0. The molecule has 2 aromatic carbocycles. The zero-order valence-corrected chi connectivity index (χ0v) is 15.3. The van der Waals surface area contributed by atoms with Crippen LogP contribution in [-0.4, -0.2) is 5.91 Å². The van der Waals surface area contributed by atoms with Crippen molar-refractivity contribution < 1.29 is 4.79 Å². The number of halogens is 1. The molecule has 3 rings (SSSR count). The lowest BCUT2D eigenvalue weighted by molar-refractivity contribution is 0.0948. The van der Waals surface area contributed by atoms with Crippen molar-refractivity contribution in [1.82, 2.24) is 5.32 Å². The van der Waals surface area contributed by atoms with Gasteiger partial charge in [-0.05, 0) is 41.3 Å². The molecule has 0 fully saturated rings. The van der Waals surface area contributed by atoms with E-state index in [2.05, 4.69) is 16.8 Å². The molecular formula is C19H16ClNOS2. The Bertz CT molecular complexity index is 818. The third-order valence-corrected chi connectivity index (χ3v) is 5.84. The Morgan fingerprint density at radius 1 is 1.08 bits per heavy atom. The molecule has 122 valence electrons. The summed E-state index contributed by atoms with van der Waals surface area (Å²) in [6.45, 7) is 0.462. The number of amides is 1. The van der Waals surface area contributed by atoms with Crippen molar-refractivity contribution in [1.29, 1.82) is 0 Å². The molecule has 0 saturated carbocycles. The van der Waals surface area contributed by atoms with Crippen LogP contribution >= 0.6 is 34.7 Å². The Labute approximate surface area is 154 Å². The summed E-state index contributed by atoms with van der Waals surface area (Å²) >= 11 is 9.39. The van der Waals surface area contributed by atoms with Crippen LogP contribution in [0.1, 0.15) is 20.8 Å². The first-order valence-electron chi connectivity index (χ1n) is 7.49. The summed E-state index contributed by atoms with van der Waals surface area (Å²) in [4.78, 5) is 14.8. The largest absolute Gasteiger partial charge is 0.348 e. The van der Waals surface area contributed by atoms with Crippen LogP contribution in [0.3, 0.4) is 0 Å². The highest BCUT2D eigenvalue weighted by molar-refractivity contribution is 7.98. The maximum absolute atomic E-state index is 12.5. The SMILES string of the molecule is O=C(NCc1cccc(Cl)c1)c1ccccc1SCc1cccs1. The second kappa shape index (κ2) is 8.38. The van der Waals surface area contributed by atoms with Gasteiger partial charge in [0.15, 0.2) is 0 Å². The molecule has 0 bridgehead atoms. The van der Waals surface area contributed by atoms with Gasteiger partial charge in [-0.15, -0.1) is 23.1 Å². The smallest absolute Gasteiger partial charge is 0.252 e. The van der Waals surface area contributed by atoms with Crippen molar-refractivity contribution in [3.63, 3.8) is 0 Å². The third-order valence-electron chi connectivity index (χ3n) is 3.42. The Morgan fingerprint density at radius 3 is 2.75 bits per heavy atom. The van der Waals surface area contributed by atoms with Gasteiger partial charge in [0.1, 0.15) is 0 Å². The maximum Gasteiger partial charge on any atom is 0.252 e. The lowest BCUT2D eigenvalue weighted by Gasteiger charge is -2.10. The van der Waals surface area contributed by atoms with E-state index < -0.39 is 0 Å².